The van der Waals surface area contributed by atoms with Crippen LogP contribution in [0.25, 0.3) is 0 Å². The van der Waals surface area contributed by atoms with Gasteiger partial charge in [-0.1, -0.05) is 0 Å². The number of aromatic nitrogens is 4. The van der Waals surface area contributed by atoms with Crippen LogP contribution in [0.3, 0.4) is 0 Å². The highest BCUT2D eigenvalue weighted by atomic mass is 16.2. The van der Waals surface area contributed by atoms with E-state index in [1.165, 1.54) is 0 Å². The molecular formula is C10H15BN4O-. The largest absolute Gasteiger partial charge is 0.590 e. The molecule has 2 aromatic rings. The Morgan fingerprint density at radius 2 is 1.31 bits per heavy atom. The lowest BCUT2D eigenvalue weighted by atomic mass is 10.0. The predicted octanol–water partition coefficient (Wildman–Crippen LogP) is 0.687. The summed E-state index contributed by atoms with van der Waals surface area (Å²) in [5.41, 5.74) is 3.60. The van der Waals surface area contributed by atoms with E-state index in [4.69, 9.17) is 0 Å². The lowest BCUT2D eigenvalue weighted by Gasteiger charge is -2.25. The Kier molecular flexibility index (Phi) is 2.59. The summed E-state index contributed by atoms with van der Waals surface area (Å²) in [6.45, 7) is 7.62. The molecule has 0 aliphatic carbocycles. The molecule has 2 aromatic heterocycles. The molecule has 0 atom stereocenters. The molecule has 6 heteroatoms. The Morgan fingerprint density at radius 3 is 1.56 bits per heavy atom. The summed E-state index contributed by atoms with van der Waals surface area (Å²) in [4.78, 5) is 0. The quantitative estimate of drug-likeness (QED) is 0.754. The number of nitrogens with zero attached hydrogens (tertiary/aromatic N) is 4. The van der Waals surface area contributed by atoms with Crippen LogP contribution in [0.1, 0.15) is 22.8 Å². The van der Waals surface area contributed by atoms with Crippen LogP contribution >= 0.6 is 0 Å². The molecule has 2 heterocycles. The highest BCUT2D eigenvalue weighted by Crippen LogP contribution is 2.06. The number of hydrogen-bond donors (Lipinski definition) is 1. The van der Waals surface area contributed by atoms with Crippen molar-refractivity contribution in [2.75, 3.05) is 0 Å². The minimum absolute atomic E-state index is 0.873. The zero-order valence-corrected chi connectivity index (χ0v) is 9.97. The van der Waals surface area contributed by atoms with Crippen molar-refractivity contribution in [1.29, 1.82) is 0 Å². The highest BCUT2D eigenvalue weighted by Gasteiger charge is 2.08. The summed E-state index contributed by atoms with van der Waals surface area (Å²) in [6, 6.07) is 3.85. The van der Waals surface area contributed by atoms with Gasteiger partial charge in [0.1, 0.15) is 0 Å². The minimum Gasteiger partial charge on any atom is -0.590 e. The molecule has 0 bridgehead atoms. The molecule has 0 saturated carbocycles. The van der Waals surface area contributed by atoms with Crippen molar-refractivity contribution in [1.82, 2.24) is 19.4 Å². The van der Waals surface area contributed by atoms with Gasteiger partial charge in [0.25, 0.3) is 7.19 Å². The Bertz CT molecular complexity index is 471. The monoisotopic (exact) mass is 218 g/mol. The van der Waals surface area contributed by atoms with E-state index in [0.717, 1.165) is 22.8 Å². The second kappa shape index (κ2) is 3.79. The van der Waals surface area contributed by atoms with Gasteiger partial charge in [-0.15, -0.1) is 0 Å². The van der Waals surface area contributed by atoms with E-state index in [-0.39, 0.29) is 0 Å². The Hall–Kier alpha value is -1.56. The molecular weight excluding hydrogens is 203 g/mol. The van der Waals surface area contributed by atoms with Gasteiger partial charge in [-0.05, 0) is 51.2 Å². The first-order chi connectivity index (χ1) is 7.49. The van der Waals surface area contributed by atoms with Gasteiger partial charge in [-0.2, -0.15) is 0 Å². The van der Waals surface area contributed by atoms with Crippen molar-refractivity contribution in [3.8, 4) is 0 Å². The maximum Gasteiger partial charge on any atom is 0.270 e. The van der Waals surface area contributed by atoms with Crippen molar-refractivity contribution in [3.63, 3.8) is 0 Å². The van der Waals surface area contributed by atoms with Crippen LogP contribution in [-0.2, 0) is 0 Å². The zero-order valence-electron chi connectivity index (χ0n) is 9.97. The molecule has 2 rings (SSSR count). The molecule has 0 fully saturated rings. The van der Waals surface area contributed by atoms with Gasteiger partial charge in [-0.3, -0.25) is 0 Å². The molecule has 1 N–H and O–H groups in total. The summed E-state index contributed by atoms with van der Waals surface area (Å²) in [7, 11) is -0.873. The Morgan fingerprint density at radius 1 is 0.938 bits per heavy atom. The van der Waals surface area contributed by atoms with Crippen LogP contribution < -0.4 is 0 Å². The molecule has 85 valence electrons. The van der Waals surface area contributed by atoms with Crippen molar-refractivity contribution >= 4 is 7.19 Å². The molecule has 1 radical (unpaired) electrons. The van der Waals surface area contributed by atoms with Gasteiger partial charge < -0.3 is 14.2 Å². The summed E-state index contributed by atoms with van der Waals surface area (Å²) in [5.74, 6) is 0. The Labute approximate surface area is 94.9 Å². The summed E-state index contributed by atoms with van der Waals surface area (Å²) in [6.07, 6.45) is 0. The lowest BCUT2D eigenvalue weighted by molar-refractivity contribution is 0.507. The normalized spacial score (nSPS) is 11.4. The van der Waals surface area contributed by atoms with Gasteiger partial charge in [0.15, 0.2) is 0 Å². The van der Waals surface area contributed by atoms with Crippen LogP contribution in [0.5, 0.6) is 0 Å². The zero-order chi connectivity index (χ0) is 11.9. The summed E-state index contributed by atoms with van der Waals surface area (Å²) < 4.78 is 3.13. The lowest BCUT2D eigenvalue weighted by Crippen LogP contribution is -2.37. The van der Waals surface area contributed by atoms with Crippen LogP contribution in [0.2, 0.25) is 0 Å². The average Bonchev–Trinajstić information content (AvgIpc) is 2.68. The van der Waals surface area contributed by atoms with Gasteiger partial charge in [0.2, 0.25) is 0 Å². The topological polar surface area (TPSA) is 55.9 Å². The van der Waals surface area contributed by atoms with Gasteiger partial charge in [0.05, 0.1) is 11.4 Å². The second-order valence-electron chi connectivity index (χ2n) is 4.09. The molecule has 0 amide bonds. The molecule has 0 unspecified atom stereocenters. The van der Waals surface area contributed by atoms with Crippen molar-refractivity contribution < 1.29 is 5.02 Å². The maximum atomic E-state index is 10.2. The summed E-state index contributed by atoms with van der Waals surface area (Å²) in [5, 5.41) is 18.7. The fourth-order valence-corrected chi connectivity index (χ4v) is 1.86. The second-order valence-corrected chi connectivity index (χ2v) is 4.09. The standard InChI is InChI=1S/C10H15BN4O/c1-7-5-9(3)14(12-7)11(16)15-10(4)6-8(2)13-15/h5-6,16H,1-4H3/q-1. The molecule has 0 aliphatic rings. The number of hydrogen-bond acceptors (Lipinski definition) is 3. The maximum absolute atomic E-state index is 10.2. The molecule has 0 saturated heterocycles. The van der Waals surface area contributed by atoms with E-state index in [1.807, 2.05) is 39.8 Å². The molecule has 5 nitrogen and oxygen atoms in total. The fourth-order valence-electron chi connectivity index (χ4n) is 1.86. The minimum atomic E-state index is -0.873. The average molecular weight is 218 g/mol. The van der Waals surface area contributed by atoms with Gasteiger partial charge in [0, 0.05) is 0 Å². The Balaban J connectivity index is 2.42. The predicted molar refractivity (Wildman–Crippen MR) is 62.2 cm³/mol. The van der Waals surface area contributed by atoms with Crippen LogP contribution in [0.4, 0.5) is 0 Å². The molecule has 0 spiro atoms. The van der Waals surface area contributed by atoms with Crippen molar-refractivity contribution in [2.45, 2.75) is 27.7 Å². The van der Waals surface area contributed by atoms with E-state index in [2.05, 4.69) is 10.2 Å². The first-order valence-corrected chi connectivity index (χ1v) is 5.22. The van der Waals surface area contributed by atoms with E-state index in [0.29, 0.717) is 0 Å². The summed E-state index contributed by atoms with van der Waals surface area (Å²) >= 11 is 0. The van der Waals surface area contributed by atoms with E-state index in [1.54, 1.807) is 9.19 Å². The third kappa shape index (κ3) is 1.76. The third-order valence-corrected chi connectivity index (χ3v) is 2.53. The SMILES string of the molecule is Cc1cc(C)n([B-](O)n2nc(C)cc2C)n1. The molecule has 0 aromatic carbocycles. The first kappa shape index (κ1) is 10.9. The van der Waals surface area contributed by atoms with Crippen molar-refractivity contribution in [3.05, 3.63) is 34.9 Å². The number of rotatable bonds is 2. The van der Waals surface area contributed by atoms with E-state index >= 15 is 0 Å². The smallest absolute Gasteiger partial charge is 0.270 e. The highest BCUT2D eigenvalue weighted by molar-refractivity contribution is 6.46. The first-order valence-electron chi connectivity index (χ1n) is 5.22. The van der Waals surface area contributed by atoms with Crippen LogP contribution in [0, 0.1) is 27.7 Å². The van der Waals surface area contributed by atoms with Gasteiger partial charge >= 0.3 is 0 Å². The van der Waals surface area contributed by atoms with Crippen LogP contribution in [-0.4, -0.2) is 31.6 Å². The van der Waals surface area contributed by atoms with E-state index < -0.39 is 7.19 Å². The number of aryl methyl sites for hydroxylation is 4. The van der Waals surface area contributed by atoms with Crippen molar-refractivity contribution in [2.24, 2.45) is 0 Å². The van der Waals surface area contributed by atoms with Gasteiger partial charge in [-0.25, -0.2) is 10.2 Å². The fraction of sp³-hybridized carbons (Fsp3) is 0.400. The third-order valence-electron chi connectivity index (χ3n) is 2.53. The van der Waals surface area contributed by atoms with E-state index in [9.17, 15) is 5.02 Å². The van der Waals surface area contributed by atoms with Crippen LogP contribution in [0.15, 0.2) is 12.1 Å². The molecule has 0 aliphatic heterocycles. The molecule has 16 heavy (non-hydrogen) atoms.